The van der Waals surface area contributed by atoms with Gasteiger partial charge in [-0.25, -0.2) is 0 Å². The first kappa shape index (κ1) is 12.1. The molecule has 0 heterocycles. The first-order chi connectivity index (χ1) is 4.72. The number of methoxy groups -OCH3 is 3. The Labute approximate surface area is 61.1 Å². The molecule has 62 valence electrons. The average Bonchev–Trinajstić information content (AvgIpc) is 2.03. The molecule has 10 heavy (non-hydrogen) atoms. The molecule has 0 atom stereocenters. The molecule has 0 unspecified atom stereocenters. The summed E-state index contributed by atoms with van der Waals surface area (Å²) in [7, 11) is 4.52. The summed E-state index contributed by atoms with van der Waals surface area (Å²) in [5.74, 6) is 0. The maximum Gasteiger partial charge on any atom is 0.292 e. The molecule has 0 aromatic heterocycles. The maximum atomic E-state index is 8.95. The summed E-state index contributed by atoms with van der Waals surface area (Å²) in [5.41, 5.74) is 0. The molecule has 0 aliphatic carbocycles. The van der Waals surface area contributed by atoms with Crippen molar-refractivity contribution in [1.82, 2.24) is 0 Å². The molecular formula is C6H14O4. The SMILES string of the molecule is COC(C)OC.COC=O. The summed E-state index contributed by atoms with van der Waals surface area (Å²) in [6.07, 6.45) is -0.0648. The van der Waals surface area contributed by atoms with Gasteiger partial charge in [0, 0.05) is 14.2 Å². The lowest BCUT2D eigenvalue weighted by Crippen LogP contribution is -2.05. The third-order valence-electron chi connectivity index (χ3n) is 0.760. The predicted molar refractivity (Wildman–Crippen MR) is 36.6 cm³/mol. The molecule has 4 nitrogen and oxygen atoms in total. The van der Waals surface area contributed by atoms with Crippen LogP contribution in [-0.2, 0) is 19.0 Å². The third kappa shape index (κ3) is 15.7. The van der Waals surface area contributed by atoms with Crippen LogP contribution in [0.15, 0.2) is 0 Å². The van der Waals surface area contributed by atoms with E-state index < -0.39 is 0 Å². The molecule has 0 aliphatic heterocycles. The number of carbonyl (C=O) groups is 1. The van der Waals surface area contributed by atoms with Crippen LogP contribution in [-0.4, -0.2) is 34.1 Å². The van der Waals surface area contributed by atoms with Crippen LogP contribution in [0.4, 0.5) is 0 Å². The number of ether oxygens (including phenoxy) is 3. The molecule has 0 amide bonds. The van der Waals surface area contributed by atoms with Gasteiger partial charge < -0.3 is 14.2 Å². The lowest BCUT2D eigenvalue weighted by Gasteiger charge is -2.03. The minimum absolute atomic E-state index is 0.0648. The average molecular weight is 150 g/mol. The van der Waals surface area contributed by atoms with E-state index in [0.29, 0.717) is 6.47 Å². The smallest absolute Gasteiger partial charge is 0.292 e. The van der Waals surface area contributed by atoms with Crippen molar-refractivity contribution < 1.29 is 19.0 Å². The van der Waals surface area contributed by atoms with Crippen LogP contribution in [0.2, 0.25) is 0 Å². The Balaban J connectivity index is 0. The van der Waals surface area contributed by atoms with Crippen molar-refractivity contribution in [3.8, 4) is 0 Å². The monoisotopic (exact) mass is 150 g/mol. The fraction of sp³-hybridized carbons (Fsp3) is 0.833. The van der Waals surface area contributed by atoms with Crippen LogP contribution in [0, 0.1) is 0 Å². The second-order valence-electron chi connectivity index (χ2n) is 1.37. The molecule has 0 rings (SSSR count). The van der Waals surface area contributed by atoms with Gasteiger partial charge in [0.2, 0.25) is 0 Å². The first-order valence-corrected chi connectivity index (χ1v) is 2.74. The first-order valence-electron chi connectivity index (χ1n) is 2.74. The summed E-state index contributed by atoms with van der Waals surface area (Å²) in [6.45, 7) is 2.21. The van der Waals surface area contributed by atoms with Crippen molar-refractivity contribution in [2.45, 2.75) is 13.2 Å². The topological polar surface area (TPSA) is 44.8 Å². The van der Waals surface area contributed by atoms with Crippen molar-refractivity contribution in [3.63, 3.8) is 0 Å². The molecule has 0 radical (unpaired) electrons. The molecule has 0 aromatic rings. The number of hydrogen-bond donors (Lipinski definition) is 0. The standard InChI is InChI=1S/C4H10O2.C2H4O2/c1-4(5-2)6-3;1-4-2-3/h4H,1-3H3;2H,1H3. The Morgan fingerprint density at radius 1 is 1.20 bits per heavy atom. The van der Waals surface area contributed by atoms with Gasteiger partial charge in [0.25, 0.3) is 6.47 Å². The molecule has 0 N–H and O–H groups in total. The van der Waals surface area contributed by atoms with E-state index in [-0.39, 0.29) is 6.29 Å². The Hall–Kier alpha value is -0.610. The Kier molecular flexibility index (Phi) is 13.6. The van der Waals surface area contributed by atoms with Crippen LogP contribution < -0.4 is 0 Å². The van der Waals surface area contributed by atoms with Crippen molar-refractivity contribution in [3.05, 3.63) is 0 Å². The van der Waals surface area contributed by atoms with Crippen LogP contribution in [0.3, 0.4) is 0 Å². The van der Waals surface area contributed by atoms with E-state index in [9.17, 15) is 0 Å². The van der Waals surface area contributed by atoms with Crippen LogP contribution in [0.25, 0.3) is 0 Å². The maximum absolute atomic E-state index is 8.95. The van der Waals surface area contributed by atoms with E-state index >= 15 is 0 Å². The zero-order chi connectivity index (χ0) is 8.41. The zero-order valence-corrected chi connectivity index (χ0v) is 6.79. The highest BCUT2D eigenvalue weighted by molar-refractivity contribution is 5.36. The van der Waals surface area contributed by atoms with Crippen molar-refractivity contribution in [1.29, 1.82) is 0 Å². The molecule has 0 aliphatic rings. The third-order valence-corrected chi connectivity index (χ3v) is 0.760. The fourth-order valence-electron chi connectivity index (χ4n) is 0.0962. The van der Waals surface area contributed by atoms with Gasteiger partial charge in [-0.1, -0.05) is 0 Å². The van der Waals surface area contributed by atoms with Gasteiger partial charge in [0.1, 0.15) is 0 Å². The molecule has 0 saturated heterocycles. The Bertz CT molecular complexity index is 60.8. The summed E-state index contributed by atoms with van der Waals surface area (Å²) < 4.78 is 13.2. The van der Waals surface area contributed by atoms with Gasteiger partial charge in [-0.3, -0.25) is 4.79 Å². The molecule has 0 saturated carbocycles. The highest BCUT2D eigenvalue weighted by atomic mass is 16.7. The minimum Gasteiger partial charge on any atom is -0.471 e. The van der Waals surface area contributed by atoms with Crippen molar-refractivity contribution in [2.75, 3.05) is 21.3 Å². The van der Waals surface area contributed by atoms with Gasteiger partial charge in [-0.2, -0.15) is 0 Å². The second kappa shape index (κ2) is 11.2. The number of carbonyl (C=O) groups excluding carboxylic acids is 1. The van der Waals surface area contributed by atoms with Crippen molar-refractivity contribution >= 4 is 6.47 Å². The largest absolute Gasteiger partial charge is 0.471 e. The van der Waals surface area contributed by atoms with Crippen molar-refractivity contribution in [2.24, 2.45) is 0 Å². The number of rotatable bonds is 3. The quantitative estimate of drug-likeness (QED) is 0.432. The van der Waals surface area contributed by atoms with E-state index in [4.69, 9.17) is 4.79 Å². The highest BCUT2D eigenvalue weighted by Crippen LogP contribution is 1.82. The number of hydrogen-bond acceptors (Lipinski definition) is 4. The molecule has 0 aromatic carbocycles. The summed E-state index contributed by atoms with van der Waals surface area (Å²) >= 11 is 0. The second-order valence-corrected chi connectivity index (χ2v) is 1.37. The Morgan fingerprint density at radius 2 is 1.50 bits per heavy atom. The van der Waals surface area contributed by atoms with Gasteiger partial charge in [-0.05, 0) is 6.92 Å². The minimum atomic E-state index is -0.0648. The van der Waals surface area contributed by atoms with E-state index in [0.717, 1.165) is 0 Å². The van der Waals surface area contributed by atoms with Gasteiger partial charge in [0.05, 0.1) is 7.11 Å². The van der Waals surface area contributed by atoms with Gasteiger partial charge in [0.15, 0.2) is 6.29 Å². The Morgan fingerprint density at radius 3 is 1.50 bits per heavy atom. The summed E-state index contributed by atoms with van der Waals surface area (Å²) in [5, 5.41) is 0. The highest BCUT2D eigenvalue weighted by Gasteiger charge is 1.87. The van der Waals surface area contributed by atoms with Gasteiger partial charge in [-0.15, -0.1) is 0 Å². The lowest BCUT2D eigenvalue weighted by atomic mass is 10.8. The molecular weight excluding hydrogens is 136 g/mol. The zero-order valence-electron chi connectivity index (χ0n) is 6.79. The fourth-order valence-corrected chi connectivity index (χ4v) is 0.0962. The molecule has 0 fully saturated rings. The van der Waals surface area contributed by atoms with E-state index in [1.54, 1.807) is 14.2 Å². The lowest BCUT2D eigenvalue weighted by molar-refractivity contribution is -0.126. The van der Waals surface area contributed by atoms with Crippen LogP contribution in [0.5, 0.6) is 0 Å². The summed E-state index contributed by atoms with van der Waals surface area (Å²) in [6, 6.07) is 0. The normalized spacial score (nSPS) is 8.10. The molecule has 4 heteroatoms. The molecule has 0 bridgehead atoms. The molecule has 0 spiro atoms. The van der Waals surface area contributed by atoms with E-state index in [1.807, 2.05) is 6.92 Å². The van der Waals surface area contributed by atoms with Crippen LogP contribution in [0.1, 0.15) is 6.92 Å². The van der Waals surface area contributed by atoms with E-state index in [2.05, 4.69) is 14.2 Å². The predicted octanol–water partition coefficient (Wildman–Crippen LogP) is 0.414. The van der Waals surface area contributed by atoms with Gasteiger partial charge >= 0.3 is 0 Å². The van der Waals surface area contributed by atoms with E-state index in [1.165, 1.54) is 7.11 Å². The summed E-state index contributed by atoms with van der Waals surface area (Å²) in [4.78, 5) is 8.95. The van der Waals surface area contributed by atoms with Crippen LogP contribution >= 0.6 is 0 Å².